The summed E-state index contributed by atoms with van der Waals surface area (Å²) in [5, 5.41) is 9.68. The molecule has 0 spiro atoms. The summed E-state index contributed by atoms with van der Waals surface area (Å²) in [6.07, 6.45) is -3.88. The van der Waals surface area contributed by atoms with E-state index in [1.165, 1.54) is 25.1 Å². The smallest absolute Gasteiger partial charge is 0.346 e. The molecular weight excluding hydrogens is 349 g/mol. The highest BCUT2D eigenvalue weighted by Gasteiger charge is 2.34. The number of halogens is 3. The third kappa shape index (κ3) is 3.62. The van der Waals surface area contributed by atoms with Crippen LogP contribution < -0.4 is 16.1 Å². The fourth-order valence-corrected chi connectivity index (χ4v) is 2.88. The van der Waals surface area contributed by atoms with E-state index in [1.807, 2.05) is 0 Å². The van der Waals surface area contributed by atoms with Gasteiger partial charge in [0, 0.05) is 24.3 Å². The number of carbonyl (C=O) groups excluding carboxylic acids is 1. The molecule has 1 aliphatic rings. The van der Waals surface area contributed by atoms with Gasteiger partial charge >= 0.3 is 6.18 Å². The van der Waals surface area contributed by atoms with Crippen LogP contribution >= 0.6 is 0 Å². The van der Waals surface area contributed by atoms with Crippen LogP contribution in [0.2, 0.25) is 0 Å². The van der Waals surface area contributed by atoms with Gasteiger partial charge in [0.1, 0.15) is 0 Å². The lowest BCUT2D eigenvalue weighted by Crippen LogP contribution is -2.39. The summed E-state index contributed by atoms with van der Waals surface area (Å²) in [6, 6.07) is 5.86. The number of nitrogens with zero attached hydrogens (tertiary/aromatic N) is 2. The number of benzene rings is 1. The topological polar surface area (TPSA) is 76.0 Å². The van der Waals surface area contributed by atoms with Gasteiger partial charge in [0.2, 0.25) is 5.43 Å². The molecule has 1 saturated heterocycles. The highest BCUT2D eigenvalue weighted by Crippen LogP contribution is 2.33. The van der Waals surface area contributed by atoms with Gasteiger partial charge in [0.25, 0.3) is 5.91 Å². The van der Waals surface area contributed by atoms with Gasteiger partial charge in [-0.2, -0.15) is 18.3 Å². The van der Waals surface area contributed by atoms with Gasteiger partial charge < -0.3 is 10.6 Å². The summed E-state index contributed by atoms with van der Waals surface area (Å²) in [4.78, 5) is 24.5. The van der Waals surface area contributed by atoms with Gasteiger partial charge in [-0.25, -0.2) is 4.68 Å². The molecule has 1 unspecified atom stereocenters. The number of nitrogens with one attached hydrogen (secondary N) is 2. The molecule has 138 valence electrons. The van der Waals surface area contributed by atoms with Crippen molar-refractivity contribution in [2.45, 2.75) is 25.6 Å². The quantitative estimate of drug-likeness (QED) is 0.866. The standard InChI is InChI=1S/C17H17F3N4O2/c1-10-8-14(25)15(16(26)22-11-6-7-21-9-11)23-24(10)13-5-3-2-4-12(13)17(18,19)20/h2-5,8,11,21H,6-7,9H2,1H3,(H,22,26). The van der Waals surface area contributed by atoms with Crippen molar-refractivity contribution in [3.8, 4) is 5.69 Å². The molecule has 26 heavy (non-hydrogen) atoms. The van der Waals surface area contributed by atoms with Crippen LogP contribution in [0.5, 0.6) is 0 Å². The zero-order valence-electron chi connectivity index (χ0n) is 13.9. The summed E-state index contributed by atoms with van der Waals surface area (Å²) in [7, 11) is 0. The summed E-state index contributed by atoms with van der Waals surface area (Å²) in [5.74, 6) is -0.693. The van der Waals surface area contributed by atoms with Crippen LogP contribution in [0.3, 0.4) is 0 Å². The Labute approximate surface area is 147 Å². The van der Waals surface area contributed by atoms with E-state index in [1.54, 1.807) is 0 Å². The maximum absolute atomic E-state index is 13.3. The SMILES string of the molecule is Cc1cc(=O)c(C(=O)NC2CCNC2)nn1-c1ccccc1C(F)(F)F. The number of amides is 1. The Morgan fingerprint density at radius 2 is 2.08 bits per heavy atom. The van der Waals surface area contributed by atoms with Gasteiger partial charge in [-0.1, -0.05) is 12.1 Å². The van der Waals surface area contributed by atoms with Crippen LogP contribution in [0.1, 0.15) is 28.2 Å². The second-order valence-corrected chi connectivity index (χ2v) is 6.09. The first-order chi connectivity index (χ1) is 12.3. The van der Waals surface area contributed by atoms with Crippen molar-refractivity contribution < 1.29 is 18.0 Å². The van der Waals surface area contributed by atoms with E-state index in [0.29, 0.717) is 13.0 Å². The van der Waals surface area contributed by atoms with E-state index in [2.05, 4.69) is 15.7 Å². The highest BCUT2D eigenvalue weighted by molar-refractivity contribution is 5.92. The molecule has 1 atom stereocenters. The molecule has 2 aromatic rings. The van der Waals surface area contributed by atoms with Crippen LogP contribution in [0, 0.1) is 6.92 Å². The first-order valence-corrected chi connectivity index (χ1v) is 8.06. The summed E-state index contributed by atoms with van der Waals surface area (Å²) < 4.78 is 40.8. The molecule has 2 N–H and O–H groups in total. The van der Waals surface area contributed by atoms with Crippen molar-refractivity contribution in [2.75, 3.05) is 13.1 Å². The maximum Gasteiger partial charge on any atom is 0.418 e. The molecule has 2 heterocycles. The van der Waals surface area contributed by atoms with E-state index >= 15 is 0 Å². The lowest BCUT2D eigenvalue weighted by molar-refractivity contribution is -0.137. The summed E-state index contributed by atoms with van der Waals surface area (Å²) in [6.45, 7) is 2.78. The lowest BCUT2D eigenvalue weighted by atomic mass is 10.1. The maximum atomic E-state index is 13.3. The van der Waals surface area contributed by atoms with Crippen LogP contribution in [-0.2, 0) is 6.18 Å². The second kappa shape index (κ2) is 6.91. The minimum Gasteiger partial charge on any atom is -0.346 e. The van der Waals surface area contributed by atoms with Crippen LogP contribution in [0.25, 0.3) is 5.69 Å². The number of carbonyl (C=O) groups is 1. The van der Waals surface area contributed by atoms with E-state index in [0.717, 1.165) is 23.4 Å². The number of rotatable bonds is 3. The van der Waals surface area contributed by atoms with Gasteiger partial charge in [0.15, 0.2) is 5.69 Å². The number of aryl methyl sites for hydroxylation is 1. The minimum absolute atomic E-state index is 0.138. The zero-order valence-corrected chi connectivity index (χ0v) is 13.9. The first kappa shape index (κ1) is 18.1. The molecule has 3 rings (SSSR count). The van der Waals surface area contributed by atoms with Gasteiger partial charge in [-0.15, -0.1) is 0 Å². The third-order valence-corrected chi connectivity index (χ3v) is 4.16. The monoisotopic (exact) mass is 366 g/mol. The molecule has 1 aromatic heterocycles. The Bertz CT molecular complexity index is 886. The van der Waals surface area contributed by atoms with Crippen molar-refractivity contribution in [2.24, 2.45) is 0 Å². The van der Waals surface area contributed by atoms with Gasteiger partial charge in [0.05, 0.1) is 11.3 Å². The minimum atomic E-state index is -4.59. The zero-order chi connectivity index (χ0) is 18.9. The Morgan fingerprint density at radius 3 is 2.73 bits per heavy atom. The molecule has 0 aliphatic carbocycles. The molecule has 9 heteroatoms. The van der Waals surface area contributed by atoms with Gasteiger partial charge in [-0.05, 0) is 32.0 Å². The van der Waals surface area contributed by atoms with Crippen LogP contribution in [0.15, 0.2) is 35.1 Å². The predicted octanol–water partition coefficient (Wildman–Crippen LogP) is 1.65. The second-order valence-electron chi connectivity index (χ2n) is 6.09. The van der Waals surface area contributed by atoms with E-state index in [4.69, 9.17) is 0 Å². The number of hydrogen-bond acceptors (Lipinski definition) is 4. The molecule has 1 fully saturated rings. The van der Waals surface area contributed by atoms with Crippen molar-refractivity contribution >= 4 is 5.91 Å². The number of para-hydroxylation sites is 1. The molecule has 0 saturated carbocycles. The fourth-order valence-electron chi connectivity index (χ4n) is 2.88. The molecule has 6 nitrogen and oxygen atoms in total. The Balaban J connectivity index is 2.04. The summed E-state index contributed by atoms with van der Waals surface area (Å²) in [5.41, 5.74) is -2.00. The number of alkyl halides is 3. The van der Waals surface area contributed by atoms with Crippen LogP contribution in [0.4, 0.5) is 13.2 Å². The van der Waals surface area contributed by atoms with Gasteiger partial charge in [-0.3, -0.25) is 9.59 Å². The fraction of sp³-hybridized carbons (Fsp3) is 0.353. The Hall–Kier alpha value is -2.68. The van der Waals surface area contributed by atoms with E-state index < -0.39 is 28.8 Å². The largest absolute Gasteiger partial charge is 0.418 e. The summed E-state index contributed by atoms with van der Waals surface area (Å²) >= 11 is 0. The molecule has 0 radical (unpaired) electrons. The number of aromatic nitrogens is 2. The average molecular weight is 366 g/mol. The normalized spacial score (nSPS) is 17.3. The van der Waals surface area contributed by atoms with Crippen molar-refractivity contribution in [1.29, 1.82) is 0 Å². The molecule has 1 aliphatic heterocycles. The first-order valence-electron chi connectivity index (χ1n) is 8.06. The van der Waals surface area contributed by atoms with E-state index in [9.17, 15) is 22.8 Å². The molecular formula is C17H17F3N4O2. The molecule has 0 bridgehead atoms. The van der Waals surface area contributed by atoms with Crippen molar-refractivity contribution in [1.82, 2.24) is 20.4 Å². The lowest BCUT2D eigenvalue weighted by Gasteiger charge is -2.17. The van der Waals surface area contributed by atoms with Crippen LogP contribution in [-0.4, -0.2) is 34.8 Å². The molecule has 1 aromatic carbocycles. The van der Waals surface area contributed by atoms with Crippen molar-refractivity contribution in [3.63, 3.8) is 0 Å². The Kier molecular flexibility index (Phi) is 4.82. The average Bonchev–Trinajstić information content (AvgIpc) is 3.07. The third-order valence-electron chi connectivity index (χ3n) is 4.16. The van der Waals surface area contributed by atoms with E-state index in [-0.39, 0.29) is 17.4 Å². The Morgan fingerprint density at radius 1 is 1.35 bits per heavy atom. The number of hydrogen-bond donors (Lipinski definition) is 2. The molecule has 1 amide bonds. The predicted molar refractivity (Wildman–Crippen MR) is 88.3 cm³/mol. The van der Waals surface area contributed by atoms with Crippen molar-refractivity contribution in [3.05, 3.63) is 57.5 Å². The highest BCUT2D eigenvalue weighted by atomic mass is 19.4.